The van der Waals surface area contributed by atoms with Gasteiger partial charge >= 0.3 is 5.97 Å². The number of aliphatic hydroxyl groups is 1. The SMILES string of the molecule is CC(C)(Cc1ccc2ccccc2c1)NCC(O)COc1cc(CCCC(=O)O)ccc1C#N. The second kappa shape index (κ2) is 11.6. The van der Waals surface area contributed by atoms with Crippen LogP contribution in [0.25, 0.3) is 10.8 Å². The second-order valence-corrected chi connectivity index (χ2v) is 9.28. The molecule has 0 aromatic heterocycles. The molecule has 6 heteroatoms. The Morgan fingerprint density at radius 2 is 1.82 bits per heavy atom. The molecule has 0 aliphatic rings. The number of aryl methyl sites for hydroxylation is 1. The Morgan fingerprint density at radius 3 is 2.56 bits per heavy atom. The molecule has 0 fully saturated rings. The fraction of sp³-hybridized carbons (Fsp3) is 0.357. The molecule has 0 saturated heterocycles. The summed E-state index contributed by atoms with van der Waals surface area (Å²) in [6.07, 6.45) is 1.25. The van der Waals surface area contributed by atoms with E-state index in [4.69, 9.17) is 9.84 Å². The Balaban J connectivity index is 1.52. The molecule has 0 bridgehead atoms. The number of carboxylic acid groups (broad SMARTS) is 1. The van der Waals surface area contributed by atoms with Crippen molar-refractivity contribution in [2.75, 3.05) is 13.2 Å². The first-order valence-corrected chi connectivity index (χ1v) is 11.5. The van der Waals surface area contributed by atoms with E-state index in [0.29, 0.717) is 30.7 Å². The zero-order valence-corrected chi connectivity index (χ0v) is 19.8. The number of nitrogens with zero attached hydrogens (tertiary/aromatic N) is 1. The molecule has 34 heavy (non-hydrogen) atoms. The molecular formula is C28H32N2O4. The minimum Gasteiger partial charge on any atom is -0.489 e. The largest absolute Gasteiger partial charge is 0.489 e. The van der Waals surface area contributed by atoms with Gasteiger partial charge in [-0.25, -0.2) is 0 Å². The predicted molar refractivity (Wildman–Crippen MR) is 133 cm³/mol. The number of rotatable bonds is 12. The van der Waals surface area contributed by atoms with E-state index in [0.717, 1.165) is 12.0 Å². The van der Waals surface area contributed by atoms with Gasteiger partial charge in [0.25, 0.3) is 0 Å². The van der Waals surface area contributed by atoms with Gasteiger partial charge in [0.2, 0.25) is 0 Å². The fourth-order valence-electron chi connectivity index (χ4n) is 3.94. The molecule has 3 rings (SSSR count). The van der Waals surface area contributed by atoms with Crippen LogP contribution in [0.5, 0.6) is 5.75 Å². The van der Waals surface area contributed by atoms with Crippen molar-refractivity contribution in [2.45, 2.75) is 51.2 Å². The van der Waals surface area contributed by atoms with E-state index in [-0.39, 0.29) is 18.6 Å². The molecule has 1 atom stereocenters. The minimum absolute atomic E-state index is 0.0479. The highest BCUT2D eigenvalue weighted by atomic mass is 16.5. The highest BCUT2D eigenvalue weighted by Gasteiger charge is 2.20. The summed E-state index contributed by atoms with van der Waals surface area (Å²) in [5.41, 5.74) is 2.28. The van der Waals surface area contributed by atoms with Crippen LogP contribution in [0, 0.1) is 11.3 Å². The number of nitriles is 1. The third-order valence-electron chi connectivity index (χ3n) is 5.73. The number of hydrogen-bond donors (Lipinski definition) is 3. The van der Waals surface area contributed by atoms with E-state index >= 15 is 0 Å². The summed E-state index contributed by atoms with van der Waals surface area (Å²) in [4.78, 5) is 10.7. The number of benzene rings is 3. The predicted octanol–water partition coefficient (Wildman–Crippen LogP) is 4.47. The van der Waals surface area contributed by atoms with Gasteiger partial charge < -0.3 is 20.3 Å². The Bertz CT molecular complexity index is 1170. The van der Waals surface area contributed by atoms with Crippen LogP contribution in [0.2, 0.25) is 0 Å². The molecule has 0 radical (unpaired) electrons. The summed E-state index contributed by atoms with van der Waals surface area (Å²) in [5.74, 6) is -0.422. The number of carbonyl (C=O) groups is 1. The third-order valence-corrected chi connectivity index (χ3v) is 5.73. The standard InChI is InChI=1S/C28H32N2O4/c1-28(2,16-21-11-12-22-7-3-4-8-23(22)14-21)30-18-25(31)19-34-26-15-20(6-5-9-27(32)33)10-13-24(26)17-29/h3-4,7-8,10-15,25,30-31H,5-6,9,16,18-19H2,1-2H3,(H,32,33). The summed E-state index contributed by atoms with van der Waals surface area (Å²) >= 11 is 0. The normalized spacial score (nSPS) is 12.3. The van der Waals surface area contributed by atoms with Crippen LogP contribution >= 0.6 is 0 Å². The molecule has 1 unspecified atom stereocenters. The van der Waals surface area contributed by atoms with E-state index in [1.165, 1.54) is 16.3 Å². The van der Waals surface area contributed by atoms with Gasteiger partial charge in [-0.1, -0.05) is 48.5 Å². The number of nitrogens with one attached hydrogen (secondary N) is 1. The summed E-state index contributed by atoms with van der Waals surface area (Å²) in [5, 5.41) is 34.5. The molecule has 0 aliphatic carbocycles. The van der Waals surface area contributed by atoms with Crippen molar-refractivity contribution in [3.63, 3.8) is 0 Å². The van der Waals surface area contributed by atoms with Crippen molar-refractivity contribution < 1.29 is 19.7 Å². The van der Waals surface area contributed by atoms with Crippen molar-refractivity contribution in [3.05, 3.63) is 77.4 Å². The second-order valence-electron chi connectivity index (χ2n) is 9.28. The van der Waals surface area contributed by atoms with Crippen molar-refractivity contribution in [2.24, 2.45) is 0 Å². The molecule has 0 aliphatic heterocycles. The summed E-state index contributed by atoms with van der Waals surface area (Å²) in [6.45, 7) is 4.60. The maximum absolute atomic E-state index is 10.7. The molecular weight excluding hydrogens is 428 g/mol. The lowest BCUT2D eigenvalue weighted by molar-refractivity contribution is -0.137. The van der Waals surface area contributed by atoms with E-state index in [1.54, 1.807) is 18.2 Å². The zero-order valence-electron chi connectivity index (χ0n) is 19.8. The van der Waals surface area contributed by atoms with Crippen molar-refractivity contribution in [1.82, 2.24) is 5.32 Å². The molecule has 6 nitrogen and oxygen atoms in total. The van der Waals surface area contributed by atoms with E-state index in [9.17, 15) is 15.2 Å². The topological polar surface area (TPSA) is 103 Å². The molecule has 0 amide bonds. The highest BCUT2D eigenvalue weighted by molar-refractivity contribution is 5.83. The van der Waals surface area contributed by atoms with Gasteiger partial charge in [0, 0.05) is 18.5 Å². The van der Waals surface area contributed by atoms with Gasteiger partial charge in [-0.2, -0.15) is 5.26 Å². The van der Waals surface area contributed by atoms with Gasteiger partial charge in [0.1, 0.15) is 24.5 Å². The quantitative estimate of drug-likeness (QED) is 0.369. The maximum Gasteiger partial charge on any atom is 0.303 e. The number of fused-ring (bicyclic) bond motifs is 1. The Labute approximate surface area is 200 Å². The van der Waals surface area contributed by atoms with Gasteiger partial charge in [-0.05, 0) is 67.1 Å². The van der Waals surface area contributed by atoms with Gasteiger partial charge in [-0.15, -0.1) is 0 Å². The first-order valence-electron chi connectivity index (χ1n) is 11.5. The van der Waals surface area contributed by atoms with Crippen LogP contribution in [-0.4, -0.2) is 41.0 Å². The molecule has 0 spiro atoms. The van der Waals surface area contributed by atoms with Crippen molar-refractivity contribution in [1.29, 1.82) is 5.26 Å². The Kier molecular flexibility index (Phi) is 8.64. The first kappa shape index (κ1) is 25.2. The summed E-state index contributed by atoms with van der Waals surface area (Å²) in [6, 6.07) is 22.1. The lowest BCUT2D eigenvalue weighted by Crippen LogP contribution is -2.46. The lowest BCUT2D eigenvalue weighted by Gasteiger charge is -2.28. The lowest BCUT2D eigenvalue weighted by atomic mass is 9.93. The van der Waals surface area contributed by atoms with Crippen LogP contribution < -0.4 is 10.1 Å². The number of β-amino-alcohol motifs (C(OH)–C–C–N with tert-alkyl or cyclic N) is 1. The maximum atomic E-state index is 10.7. The number of ether oxygens (including phenoxy) is 1. The average Bonchev–Trinajstić information content (AvgIpc) is 2.81. The highest BCUT2D eigenvalue weighted by Crippen LogP contribution is 2.22. The number of aliphatic hydroxyl groups excluding tert-OH is 1. The Morgan fingerprint density at radius 1 is 1.09 bits per heavy atom. The molecule has 0 saturated carbocycles. The van der Waals surface area contributed by atoms with E-state index in [1.807, 2.05) is 12.1 Å². The molecule has 3 N–H and O–H groups in total. The van der Waals surface area contributed by atoms with Crippen LogP contribution in [0.4, 0.5) is 0 Å². The minimum atomic E-state index is -0.829. The number of carboxylic acids is 1. The van der Waals surface area contributed by atoms with Crippen LogP contribution in [0.3, 0.4) is 0 Å². The van der Waals surface area contributed by atoms with Crippen LogP contribution in [-0.2, 0) is 17.6 Å². The van der Waals surface area contributed by atoms with E-state index < -0.39 is 12.1 Å². The van der Waals surface area contributed by atoms with Gasteiger partial charge in [0.05, 0.1) is 5.56 Å². The fourth-order valence-corrected chi connectivity index (χ4v) is 3.94. The van der Waals surface area contributed by atoms with Crippen molar-refractivity contribution in [3.8, 4) is 11.8 Å². The van der Waals surface area contributed by atoms with E-state index in [2.05, 4.69) is 55.6 Å². The van der Waals surface area contributed by atoms with Crippen molar-refractivity contribution >= 4 is 16.7 Å². The Hall–Kier alpha value is -3.40. The molecule has 0 heterocycles. The summed E-state index contributed by atoms with van der Waals surface area (Å²) in [7, 11) is 0. The molecule has 3 aromatic rings. The number of hydrogen-bond acceptors (Lipinski definition) is 5. The average molecular weight is 461 g/mol. The molecule has 3 aromatic carbocycles. The third kappa shape index (κ3) is 7.58. The van der Waals surface area contributed by atoms with Crippen LogP contribution in [0.15, 0.2) is 60.7 Å². The molecule has 178 valence electrons. The van der Waals surface area contributed by atoms with Crippen LogP contribution in [0.1, 0.15) is 43.4 Å². The monoisotopic (exact) mass is 460 g/mol. The number of aliphatic carboxylic acids is 1. The smallest absolute Gasteiger partial charge is 0.303 e. The van der Waals surface area contributed by atoms with Gasteiger partial charge in [-0.3, -0.25) is 4.79 Å². The zero-order chi connectivity index (χ0) is 24.6. The van der Waals surface area contributed by atoms with Gasteiger partial charge in [0.15, 0.2) is 0 Å². The summed E-state index contributed by atoms with van der Waals surface area (Å²) < 4.78 is 5.76. The first-order chi connectivity index (χ1) is 16.3.